The SMILES string of the molecule is CC(C)(C)C(OC(N)=O)C1CC2C(F)(F)C2(c2cn3ncc(CNC(=O)[C@H](C4CC4)C4CC(F)(F)C4)cc3n2)C1. The molecule has 2 aromatic heterocycles. The van der Waals surface area contributed by atoms with E-state index < -0.39 is 46.7 Å². The van der Waals surface area contributed by atoms with Crippen molar-refractivity contribution in [3.8, 4) is 0 Å². The van der Waals surface area contributed by atoms with Crippen molar-refractivity contribution in [1.82, 2.24) is 19.9 Å². The van der Waals surface area contributed by atoms with Gasteiger partial charge in [0.05, 0.1) is 23.5 Å². The fourth-order valence-corrected chi connectivity index (χ4v) is 7.51. The summed E-state index contributed by atoms with van der Waals surface area (Å²) in [5.74, 6) is -7.61. The van der Waals surface area contributed by atoms with Gasteiger partial charge in [0.15, 0.2) is 5.65 Å². The number of nitrogens with two attached hydrogens (primary N) is 1. The van der Waals surface area contributed by atoms with Crippen LogP contribution in [-0.4, -0.2) is 44.5 Å². The third-order valence-electron chi connectivity index (χ3n) is 9.55. The number of nitrogens with one attached hydrogen (secondary N) is 1. The highest BCUT2D eigenvalue weighted by Gasteiger charge is 2.85. The average Bonchev–Trinajstić information content (AvgIpc) is 3.57. The molecule has 40 heavy (non-hydrogen) atoms. The molecule has 8 nitrogen and oxygen atoms in total. The van der Waals surface area contributed by atoms with Gasteiger partial charge in [-0.05, 0) is 60.5 Å². The number of ether oxygens (including phenoxy) is 1. The van der Waals surface area contributed by atoms with E-state index in [1.807, 2.05) is 20.8 Å². The van der Waals surface area contributed by atoms with Crippen molar-refractivity contribution in [2.24, 2.45) is 40.7 Å². The minimum Gasteiger partial charge on any atom is -0.446 e. The predicted molar refractivity (Wildman–Crippen MR) is 135 cm³/mol. The van der Waals surface area contributed by atoms with Crippen LogP contribution < -0.4 is 11.1 Å². The lowest BCUT2D eigenvalue weighted by Crippen LogP contribution is -2.46. The molecule has 0 spiro atoms. The van der Waals surface area contributed by atoms with E-state index in [-0.39, 0.29) is 61.6 Å². The second kappa shape index (κ2) is 8.79. The van der Waals surface area contributed by atoms with Crippen LogP contribution in [0.2, 0.25) is 0 Å². The number of nitrogens with zero attached hydrogens (tertiary/aromatic N) is 3. The van der Waals surface area contributed by atoms with Crippen LogP contribution in [0.1, 0.15) is 70.6 Å². The number of aromatic nitrogens is 3. The van der Waals surface area contributed by atoms with E-state index in [0.29, 0.717) is 11.2 Å². The number of halogens is 4. The highest BCUT2D eigenvalue weighted by molar-refractivity contribution is 5.79. The summed E-state index contributed by atoms with van der Waals surface area (Å²) in [6, 6.07) is 1.69. The van der Waals surface area contributed by atoms with E-state index in [4.69, 9.17) is 10.5 Å². The lowest BCUT2D eigenvalue weighted by molar-refractivity contribution is -0.147. The minimum atomic E-state index is -2.94. The Kier molecular flexibility index (Phi) is 5.99. The molecule has 2 heterocycles. The Morgan fingerprint density at radius 3 is 2.45 bits per heavy atom. The van der Waals surface area contributed by atoms with Crippen LogP contribution >= 0.6 is 0 Å². The van der Waals surface area contributed by atoms with Crippen LogP contribution in [-0.2, 0) is 21.5 Å². The normalized spacial score (nSPS) is 30.3. The number of carbonyl (C=O) groups is 2. The maximum Gasteiger partial charge on any atom is 0.404 e. The fourth-order valence-electron chi connectivity index (χ4n) is 7.51. The van der Waals surface area contributed by atoms with Gasteiger partial charge in [-0.3, -0.25) is 4.79 Å². The zero-order valence-electron chi connectivity index (χ0n) is 22.8. The Balaban J connectivity index is 1.17. The first kappa shape index (κ1) is 27.3. The maximum atomic E-state index is 15.2. The first-order valence-electron chi connectivity index (χ1n) is 14.0. The second-order valence-electron chi connectivity index (χ2n) is 13.5. The molecule has 0 aromatic carbocycles. The number of fused-ring (bicyclic) bond motifs is 2. The number of alkyl halides is 4. The number of primary amides is 1. The Bertz CT molecular complexity index is 1350. The second-order valence-corrected chi connectivity index (χ2v) is 13.5. The van der Waals surface area contributed by atoms with Crippen LogP contribution in [0.4, 0.5) is 22.4 Å². The largest absolute Gasteiger partial charge is 0.446 e. The molecule has 4 fully saturated rings. The molecule has 4 aliphatic carbocycles. The summed E-state index contributed by atoms with van der Waals surface area (Å²) in [7, 11) is 0. The van der Waals surface area contributed by atoms with Crippen molar-refractivity contribution in [2.45, 2.75) is 89.2 Å². The lowest BCUT2D eigenvalue weighted by Gasteiger charge is -2.39. The van der Waals surface area contributed by atoms with Crippen molar-refractivity contribution in [1.29, 1.82) is 0 Å². The Morgan fingerprint density at radius 1 is 1.15 bits per heavy atom. The number of hydrogen-bond donors (Lipinski definition) is 2. The van der Waals surface area contributed by atoms with Gasteiger partial charge in [0, 0.05) is 31.2 Å². The van der Waals surface area contributed by atoms with Crippen LogP contribution in [0, 0.1) is 35.0 Å². The van der Waals surface area contributed by atoms with Crippen LogP contribution in [0.15, 0.2) is 18.5 Å². The minimum absolute atomic E-state index is 0.107. The van der Waals surface area contributed by atoms with Gasteiger partial charge >= 0.3 is 6.09 Å². The van der Waals surface area contributed by atoms with Gasteiger partial charge in [-0.1, -0.05) is 20.8 Å². The van der Waals surface area contributed by atoms with Crippen molar-refractivity contribution in [2.75, 3.05) is 0 Å². The molecule has 0 saturated heterocycles. The van der Waals surface area contributed by atoms with Crippen molar-refractivity contribution >= 4 is 17.6 Å². The molecule has 6 rings (SSSR count). The molecular weight excluding hydrogens is 530 g/mol. The molecule has 4 unspecified atom stereocenters. The third-order valence-corrected chi connectivity index (χ3v) is 9.55. The van der Waals surface area contributed by atoms with E-state index in [0.717, 1.165) is 12.8 Å². The van der Waals surface area contributed by atoms with Gasteiger partial charge < -0.3 is 15.8 Å². The lowest BCUT2D eigenvalue weighted by atomic mass is 9.71. The zero-order valence-corrected chi connectivity index (χ0v) is 22.8. The summed E-state index contributed by atoms with van der Waals surface area (Å²) in [4.78, 5) is 29.0. The summed E-state index contributed by atoms with van der Waals surface area (Å²) in [5, 5.41) is 7.20. The molecule has 5 atom stereocenters. The molecule has 0 bridgehead atoms. The number of amides is 2. The standard InChI is InChI=1S/C28H35F4N5O3/c1-25(2,3)22(40-24(33)39)16-7-18-27(10-16,28(18,31)32)19-13-37-20(36-19)6-14(12-35-37)11-34-23(38)21(15-4-5-15)17-8-26(29,30)9-17/h6,12-13,15-18,21-22H,4-5,7-11H2,1-3H3,(H2,33,39)(H,34,38)/t16?,18?,21-,22?,27?/m1/s1. The van der Waals surface area contributed by atoms with Crippen LogP contribution in [0.5, 0.6) is 0 Å². The summed E-state index contributed by atoms with van der Waals surface area (Å²) in [6.07, 6.45) is 3.09. The van der Waals surface area contributed by atoms with Gasteiger partial charge in [-0.15, -0.1) is 0 Å². The highest BCUT2D eigenvalue weighted by Crippen LogP contribution is 2.76. The molecule has 0 aliphatic heterocycles. The van der Waals surface area contributed by atoms with Crippen molar-refractivity contribution < 1.29 is 31.9 Å². The topological polar surface area (TPSA) is 112 Å². The predicted octanol–water partition coefficient (Wildman–Crippen LogP) is 4.84. The molecule has 0 radical (unpaired) electrons. The fraction of sp³-hybridized carbons (Fsp3) is 0.714. The van der Waals surface area contributed by atoms with Gasteiger partial charge in [0.25, 0.3) is 5.92 Å². The number of carbonyl (C=O) groups excluding carboxylic acids is 2. The molecular formula is C28H35F4N5O3. The first-order chi connectivity index (χ1) is 18.6. The quantitative estimate of drug-likeness (QED) is 0.445. The Labute approximate surface area is 229 Å². The third kappa shape index (κ3) is 4.41. The van der Waals surface area contributed by atoms with Crippen molar-refractivity contribution in [3.05, 3.63) is 29.7 Å². The first-order valence-corrected chi connectivity index (χ1v) is 14.0. The molecule has 4 saturated carbocycles. The molecule has 2 amide bonds. The van der Waals surface area contributed by atoms with Gasteiger partial charge in [-0.2, -0.15) is 5.10 Å². The molecule has 218 valence electrons. The molecule has 12 heteroatoms. The Morgan fingerprint density at radius 2 is 1.85 bits per heavy atom. The monoisotopic (exact) mass is 565 g/mol. The van der Waals surface area contributed by atoms with E-state index in [2.05, 4.69) is 15.4 Å². The van der Waals surface area contributed by atoms with Crippen molar-refractivity contribution in [3.63, 3.8) is 0 Å². The van der Waals surface area contributed by atoms with Crippen LogP contribution in [0.25, 0.3) is 5.65 Å². The van der Waals surface area contributed by atoms with E-state index in [1.54, 1.807) is 6.07 Å². The number of imidazole rings is 1. The number of hydrogen-bond acceptors (Lipinski definition) is 5. The van der Waals surface area contributed by atoms with Crippen LogP contribution in [0.3, 0.4) is 0 Å². The summed E-state index contributed by atoms with van der Waals surface area (Å²) < 4.78 is 64.1. The summed E-state index contributed by atoms with van der Waals surface area (Å²) in [6.45, 7) is 5.80. The van der Waals surface area contributed by atoms with E-state index in [9.17, 15) is 18.4 Å². The molecule has 3 N–H and O–H groups in total. The van der Waals surface area contributed by atoms with E-state index in [1.165, 1.54) is 16.9 Å². The Hall–Kier alpha value is -2.92. The van der Waals surface area contributed by atoms with Gasteiger partial charge in [0.1, 0.15) is 6.10 Å². The van der Waals surface area contributed by atoms with E-state index >= 15 is 8.78 Å². The maximum absolute atomic E-state index is 15.2. The number of rotatable bonds is 8. The highest BCUT2D eigenvalue weighted by atomic mass is 19.3. The van der Waals surface area contributed by atoms with Gasteiger partial charge in [-0.25, -0.2) is 31.9 Å². The molecule has 2 aromatic rings. The van der Waals surface area contributed by atoms with Gasteiger partial charge in [0.2, 0.25) is 11.8 Å². The smallest absolute Gasteiger partial charge is 0.404 e. The average molecular weight is 566 g/mol. The summed E-state index contributed by atoms with van der Waals surface area (Å²) in [5.41, 5.74) is 4.59. The molecule has 4 aliphatic rings. The zero-order chi connectivity index (χ0) is 28.8. The summed E-state index contributed by atoms with van der Waals surface area (Å²) >= 11 is 0.